The number of hydrogen-bond acceptors (Lipinski definition) is 7. The van der Waals surface area contributed by atoms with Gasteiger partial charge in [-0.2, -0.15) is 0 Å². The molecule has 182 valence electrons. The molecule has 4 rings (SSSR count). The minimum Gasteiger partial charge on any atom is -0.497 e. The topological polar surface area (TPSA) is 84.2 Å². The molecule has 2 heterocycles. The van der Waals surface area contributed by atoms with Crippen LogP contribution in [0.3, 0.4) is 0 Å². The van der Waals surface area contributed by atoms with Gasteiger partial charge in [-0.3, -0.25) is 4.90 Å². The number of methoxy groups -OCH3 is 1. The van der Waals surface area contributed by atoms with Gasteiger partial charge in [0.15, 0.2) is 0 Å². The molecule has 0 amide bonds. The lowest BCUT2D eigenvalue weighted by Gasteiger charge is -2.39. The first-order valence-electron chi connectivity index (χ1n) is 11.4. The highest BCUT2D eigenvalue weighted by Gasteiger charge is 2.28. The van der Waals surface area contributed by atoms with Crippen molar-refractivity contribution in [1.29, 1.82) is 0 Å². The number of benzene rings is 2. The maximum atomic E-state index is 12.9. The van der Waals surface area contributed by atoms with E-state index >= 15 is 0 Å². The van der Waals surface area contributed by atoms with Gasteiger partial charge in [0.1, 0.15) is 17.3 Å². The van der Waals surface area contributed by atoms with Gasteiger partial charge in [0.25, 0.3) is 0 Å². The molecule has 1 aliphatic rings. The van der Waals surface area contributed by atoms with Crippen LogP contribution in [0.25, 0.3) is 0 Å². The molecule has 3 aromatic rings. The highest BCUT2D eigenvalue weighted by atomic mass is 32.2. The van der Waals surface area contributed by atoms with Gasteiger partial charge >= 0.3 is 0 Å². The molecule has 1 fully saturated rings. The first-order chi connectivity index (χ1) is 16.5. The molecular formula is C25H31N3O5S. The molecule has 9 heteroatoms. The second-order valence-corrected chi connectivity index (χ2v) is 9.78. The van der Waals surface area contributed by atoms with E-state index < -0.39 is 10.0 Å². The largest absolute Gasteiger partial charge is 0.497 e. The zero-order valence-electron chi connectivity index (χ0n) is 19.5. The molecule has 0 saturated carbocycles. The molecule has 0 bridgehead atoms. The Morgan fingerprint density at radius 2 is 1.65 bits per heavy atom. The van der Waals surface area contributed by atoms with Crippen LogP contribution in [0, 0.1) is 0 Å². The van der Waals surface area contributed by atoms with Crippen LogP contribution in [-0.4, -0.2) is 59.8 Å². The maximum absolute atomic E-state index is 12.9. The molecule has 1 atom stereocenters. The normalized spacial score (nSPS) is 15.8. The van der Waals surface area contributed by atoms with Gasteiger partial charge in [0.05, 0.1) is 30.9 Å². The summed E-state index contributed by atoms with van der Waals surface area (Å²) in [6.45, 7) is 5.85. The van der Waals surface area contributed by atoms with E-state index in [0.717, 1.165) is 43.4 Å². The zero-order chi connectivity index (χ0) is 24.0. The summed E-state index contributed by atoms with van der Waals surface area (Å²) in [7, 11) is -2.01. The molecule has 1 saturated heterocycles. The minimum absolute atomic E-state index is 0.203. The lowest BCUT2D eigenvalue weighted by atomic mass is 10.1. The van der Waals surface area contributed by atoms with Gasteiger partial charge in [0.2, 0.25) is 10.0 Å². The third-order valence-electron chi connectivity index (χ3n) is 5.98. The summed E-state index contributed by atoms with van der Waals surface area (Å²) in [5.74, 6) is 2.22. The van der Waals surface area contributed by atoms with Crippen LogP contribution in [0.1, 0.15) is 18.7 Å². The maximum Gasteiger partial charge on any atom is 0.240 e. The van der Waals surface area contributed by atoms with Gasteiger partial charge in [-0.15, -0.1) is 0 Å². The van der Waals surface area contributed by atoms with E-state index in [4.69, 9.17) is 13.9 Å². The highest BCUT2D eigenvalue weighted by molar-refractivity contribution is 7.89. The molecule has 1 unspecified atom stereocenters. The summed E-state index contributed by atoms with van der Waals surface area (Å²) in [5, 5.41) is 0. The van der Waals surface area contributed by atoms with Crippen molar-refractivity contribution in [3.63, 3.8) is 0 Å². The third kappa shape index (κ3) is 5.72. The SMILES string of the molecule is CCOc1ccc(S(=O)(=O)NCC(c2ccco2)N2CCN(c3ccc(OC)cc3)CC2)cc1. The van der Waals surface area contributed by atoms with Crippen molar-refractivity contribution in [3.8, 4) is 11.5 Å². The number of hydrogen-bond donors (Lipinski definition) is 1. The number of anilines is 1. The Labute approximate surface area is 201 Å². The second-order valence-electron chi connectivity index (χ2n) is 8.01. The van der Waals surface area contributed by atoms with Crippen molar-refractivity contribution in [3.05, 3.63) is 72.7 Å². The van der Waals surface area contributed by atoms with Gasteiger partial charge in [-0.25, -0.2) is 13.1 Å². The van der Waals surface area contributed by atoms with E-state index in [1.807, 2.05) is 31.2 Å². The van der Waals surface area contributed by atoms with E-state index in [0.29, 0.717) is 12.4 Å². The molecule has 0 aliphatic carbocycles. The first-order valence-corrected chi connectivity index (χ1v) is 12.9. The lowest BCUT2D eigenvalue weighted by Crippen LogP contribution is -2.49. The average Bonchev–Trinajstić information content (AvgIpc) is 3.40. The summed E-state index contributed by atoms with van der Waals surface area (Å²) in [4.78, 5) is 4.79. The molecule has 1 aromatic heterocycles. The van der Waals surface area contributed by atoms with Crippen LogP contribution >= 0.6 is 0 Å². The summed E-state index contributed by atoms with van der Waals surface area (Å²) >= 11 is 0. The van der Waals surface area contributed by atoms with E-state index in [1.165, 1.54) is 0 Å². The van der Waals surface area contributed by atoms with Crippen molar-refractivity contribution in [1.82, 2.24) is 9.62 Å². The summed E-state index contributed by atoms with van der Waals surface area (Å²) in [5.41, 5.74) is 1.14. The average molecular weight is 486 g/mol. The third-order valence-corrected chi connectivity index (χ3v) is 7.42. The van der Waals surface area contributed by atoms with E-state index in [-0.39, 0.29) is 17.5 Å². The van der Waals surface area contributed by atoms with Gasteiger partial charge < -0.3 is 18.8 Å². The van der Waals surface area contributed by atoms with Crippen molar-refractivity contribution in [2.45, 2.75) is 17.9 Å². The Bertz CT molecular complexity index is 1120. The number of nitrogens with one attached hydrogen (secondary N) is 1. The standard InChI is InChI=1S/C25H31N3O5S/c1-3-32-22-10-12-23(13-11-22)34(29,30)26-19-24(25-5-4-18-33-25)28-16-14-27(15-17-28)20-6-8-21(31-2)9-7-20/h4-13,18,24,26H,3,14-17,19H2,1-2H3. The molecule has 0 radical (unpaired) electrons. The minimum atomic E-state index is -3.67. The Hall–Kier alpha value is -3.01. The smallest absolute Gasteiger partial charge is 0.240 e. The lowest BCUT2D eigenvalue weighted by molar-refractivity contribution is 0.166. The van der Waals surface area contributed by atoms with Crippen LogP contribution in [0.15, 0.2) is 76.2 Å². The summed E-state index contributed by atoms with van der Waals surface area (Å²) in [6, 6.07) is 18.0. The van der Waals surface area contributed by atoms with Crippen LogP contribution < -0.4 is 19.1 Å². The number of furan rings is 1. The van der Waals surface area contributed by atoms with Crippen LogP contribution in [0.4, 0.5) is 5.69 Å². The van der Waals surface area contributed by atoms with Crippen LogP contribution in [-0.2, 0) is 10.0 Å². The quantitative estimate of drug-likeness (QED) is 0.470. The Kier molecular flexibility index (Phi) is 7.77. The van der Waals surface area contributed by atoms with Gasteiger partial charge in [-0.05, 0) is 67.6 Å². The first kappa shape index (κ1) is 24.1. The molecule has 8 nitrogen and oxygen atoms in total. The molecule has 2 aromatic carbocycles. The van der Waals surface area contributed by atoms with Crippen molar-refractivity contribution < 1.29 is 22.3 Å². The number of piperazine rings is 1. The van der Waals surface area contributed by atoms with Gasteiger partial charge in [-0.1, -0.05) is 0 Å². The fourth-order valence-electron chi connectivity index (χ4n) is 4.13. The Balaban J connectivity index is 1.41. The molecule has 34 heavy (non-hydrogen) atoms. The second kappa shape index (κ2) is 10.9. The number of sulfonamides is 1. The van der Waals surface area contributed by atoms with Crippen molar-refractivity contribution in [2.24, 2.45) is 0 Å². The van der Waals surface area contributed by atoms with E-state index in [2.05, 4.69) is 26.7 Å². The van der Waals surface area contributed by atoms with E-state index in [1.54, 1.807) is 37.6 Å². The molecule has 1 N–H and O–H groups in total. The Morgan fingerprint density at radius 1 is 0.971 bits per heavy atom. The molecule has 1 aliphatic heterocycles. The molecular weight excluding hydrogens is 454 g/mol. The number of nitrogens with zero attached hydrogens (tertiary/aromatic N) is 2. The molecule has 0 spiro atoms. The Morgan fingerprint density at radius 3 is 2.24 bits per heavy atom. The number of rotatable bonds is 10. The fraction of sp³-hybridized carbons (Fsp3) is 0.360. The predicted molar refractivity (Wildman–Crippen MR) is 131 cm³/mol. The fourth-order valence-corrected chi connectivity index (χ4v) is 5.17. The summed E-state index contributed by atoms with van der Waals surface area (Å²) in [6.07, 6.45) is 1.62. The summed E-state index contributed by atoms with van der Waals surface area (Å²) < 4.78 is 45.0. The van der Waals surface area contributed by atoms with Crippen LogP contribution in [0.2, 0.25) is 0 Å². The van der Waals surface area contributed by atoms with Crippen LogP contribution in [0.5, 0.6) is 11.5 Å². The monoisotopic (exact) mass is 485 g/mol. The van der Waals surface area contributed by atoms with E-state index in [9.17, 15) is 8.42 Å². The van der Waals surface area contributed by atoms with Crippen molar-refractivity contribution >= 4 is 15.7 Å². The van der Waals surface area contributed by atoms with Crippen molar-refractivity contribution in [2.75, 3.05) is 51.3 Å². The highest BCUT2D eigenvalue weighted by Crippen LogP contribution is 2.26. The van der Waals surface area contributed by atoms with Gasteiger partial charge in [0, 0.05) is 38.4 Å². The number of ether oxygens (including phenoxy) is 2. The zero-order valence-corrected chi connectivity index (χ0v) is 20.3. The predicted octanol–water partition coefficient (Wildman–Crippen LogP) is 3.53.